The largest absolute Gasteiger partial charge is 0.469 e. The highest BCUT2D eigenvalue weighted by Crippen LogP contribution is 2.33. The molecule has 0 aromatic rings. The minimum Gasteiger partial charge on any atom is -0.469 e. The third kappa shape index (κ3) is 10.0. The third-order valence-electron chi connectivity index (χ3n) is 3.69. The Kier molecular flexibility index (Phi) is 12.3. The summed E-state index contributed by atoms with van der Waals surface area (Å²) in [6, 6.07) is 0. The van der Waals surface area contributed by atoms with Crippen LogP contribution in [0.25, 0.3) is 0 Å². The Morgan fingerprint density at radius 2 is 1.81 bits per heavy atom. The number of hydrogen-bond donors (Lipinski definition) is 1. The minimum absolute atomic E-state index is 0.243. The summed E-state index contributed by atoms with van der Waals surface area (Å²) in [5, 5.41) is 0. The molecule has 0 fully saturated rings. The van der Waals surface area contributed by atoms with Gasteiger partial charge < -0.3 is 19.9 Å². The molecule has 0 aliphatic carbocycles. The summed E-state index contributed by atoms with van der Waals surface area (Å²) in [6.07, 6.45) is 0.599. The zero-order chi connectivity index (χ0) is 20.2. The van der Waals surface area contributed by atoms with Gasteiger partial charge in [-0.25, -0.2) is 0 Å². The van der Waals surface area contributed by atoms with Crippen molar-refractivity contribution >= 4 is 29.7 Å². The van der Waals surface area contributed by atoms with Crippen molar-refractivity contribution < 1.29 is 34.3 Å². The minimum atomic E-state index is -0.841. The van der Waals surface area contributed by atoms with Gasteiger partial charge in [-0.1, -0.05) is 20.8 Å². The van der Waals surface area contributed by atoms with Crippen molar-refractivity contribution in [1.29, 1.82) is 0 Å². The van der Waals surface area contributed by atoms with Gasteiger partial charge in [-0.15, -0.1) is 0 Å². The summed E-state index contributed by atoms with van der Waals surface area (Å²) in [6.45, 7) is 8.58. The Hall–Kier alpha value is -1.28. The average molecular weight is 393 g/mol. The smallest absolute Gasteiger partial charge is 0.312 e. The molecule has 0 aliphatic rings. The molecular weight excluding hydrogens is 358 g/mol. The Morgan fingerprint density at radius 1 is 1.15 bits per heavy atom. The number of carbonyl (C=O) groups excluding carboxylic acids is 3. The molecule has 0 saturated carbocycles. The zero-order valence-corrected chi connectivity index (χ0v) is 17.5. The van der Waals surface area contributed by atoms with Crippen molar-refractivity contribution in [2.45, 2.75) is 40.5 Å². The van der Waals surface area contributed by atoms with Crippen LogP contribution in [0.15, 0.2) is 0 Å². The van der Waals surface area contributed by atoms with Crippen LogP contribution in [0.1, 0.15) is 40.5 Å². The van der Waals surface area contributed by atoms with Crippen LogP contribution in [0.4, 0.5) is 0 Å². The van der Waals surface area contributed by atoms with Crippen molar-refractivity contribution in [2.75, 3.05) is 38.4 Å². The summed E-state index contributed by atoms with van der Waals surface area (Å²) in [5.74, 6) is -0.131. The summed E-state index contributed by atoms with van der Waals surface area (Å²) in [7, 11) is 1.34. The van der Waals surface area contributed by atoms with Gasteiger partial charge in [0.2, 0.25) is 0 Å². The number of methoxy groups -OCH3 is 1. The molecule has 2 unspecified atom stereocenters. The van der Waals surface area contributed by atoms with Crippen LogP contribution in [-0.2, 0) is 28.6 Å². The van der Waals surface area contributed by atoms with Crippen molar-refractivity contribution in [2.24, 2.45) is 17.3 Å². The van der Waals surface area contributed by atoms with E-state index in [0.717, 1.165) is 0 Å². The molecule has 0 rings (SSSR count). The lowest BCUT2D eigenvalue weighted by Crippen LogP contribution is -2.53. The van der Waals surface area contributed by atoms with Crippen LogP contribution in [0.2, 0.25) is 0 Å². The molecule has 0 saturated heterocycles. The average Bonchev–Trinajstić information content (AvgIpc) is 2.60. The second kappa shape index (κ2) is 13.0. The van der Waals surface area contributed by atoms with Gasteiger partial charge in [0.25, 0.3) is 0 Å². The fraction of sp³-hybridized carbons (Fsp3) is 0.833. The monoisotopic (exact) mass is 392 g/mol. The third-order valence-corrected chi connectivity index (χ3v) is 5.02. The molecule has 0 aliphatic heterocycles. The molecule has 0 aromatic heterocycles. The number of quaternary nitrogens is 1. The van der Waals surface area contributed by atoms with Crippen LogP contribution < -0.4 is 5.73 Å². The molecule has 0 amide bonds. The molecule has 152 valence electrons. The predicted molar refractivity (Wildman–Crippen MR) is 100 cm³/mol. The summed E-state index contributed by atoms with van der Waals surface area (Å²) >= 11 is 1.47. The molecule has 0 radical (unpaired) electrons. The molecule has 0 aromatic carbocycles. The van der Waals surface area contributed by atoms with E-state index in [1.54, 1.807) is 13.8 Å². The van der Waals surface area contributed by atoms with Gasteiger partial charge in [0, 0.05) is 11.5 Å². The van der Waals surface area contributed by atoms with E-state index in [-0.39, 0.29) is 36.9 Å². The Labute approximate surface area is 160 Å². The van der Waals surface area contributed by atoms with Crippen molar-refractivity contribution in [3.8, 4) is 0 Å². The molecule has 7 nitrogen and oxygen atoms in total. The highest BCUT2D eigenvalue weighted by molar-refractivity contribution is 7.99. The van der Waals surface area contributed by atoms with E-state index < -0.39 is 11.3 Å². The first-order valence-electron chi connectivity index (χ1n) is 8.94. The molecule has 2 atom stereocenters. The van der Waals surface area contributed by atoms with Gasteiger partial charge in [-0.2, -0.15) is 11.8 Å². The van der Waals surface area contributed by atoms with E-state index >= 15 is 0 Å². The number of carbonyl (C=O) groups is 3. The quantitative estimate of drug-likeness (QED) is 0.286. The number of rotatable bonds is 13. The zero-order valence-electron chi connectivity index (χ0n) is 16.7. The topological polar surface area (TPSA) is 107 Å². The van der Waals surface area contributed by atoms with E-state index in [1.807, 2.05) is 13.8 Å². The normalized spacial score (nSPS) is 14.4. The van der Waals surface area contributed by atoms with E-state index in [0.29, 0.717) is 31.1 Å². The second-order valence-corrected chi connectivity index (χ2v) is 8.16. The number of thioether (sulfide) groups is 1. The highest BCUT2D eigenvalue weighted by Gasteiger charge is 2.38. The van der Waals surface area contributed by atoms with E-state index in [4.69, 9.17) is 9.47 Å². The molecule has 0 spiro atoms. The fourth-order valence-corrected chi connectivity index (χ4v) is 3.39. The van der Waals surface area contributed by atoms with E-state index in [1.165, 1.54) is 18.9 Å². The standard InChI is InChI=1S/C18H33NO6S/c1-13(2)11-25-16(21)14(3)10-18(4,17(22)24-8-7-19)12-26-9-6-15(20)23-5/h13-14H,6-12,19H2,1-5H3/p+1. The maximum Gasteiger partial charge on any atom is 0.312 e. The van der Waals surface area contributed by atoms with E-state index in [9.17, 15) is 14.4 Å². The number of ether oxygens (including phenoxy) is 3. The van der Waals surface area contributed by atoms with Gasteiger partial charge in [0.05, 0.1) is 31.5 Å². The predicted octanol–water partition coefficient (Wildman–Crippen LogP) is 1.30. The van der Waals surface area contributed by atoms with Crippen molar-refractivity contribution in [3.63, 3.8) is 0 Å². The van der Waals surface area contributed by atoms with Crippen LogP contribution in [0, 0.1) is 17.3 Å². The first kappa shape index (κ1) is 24.7. The fourth-order valence-electron chi connectivity index (χ4n) is 2.25. The molecule has 3 N–H and O–H groups in total. The molecule has 26 heavy (non-hydrogen) atoms. The first-order chi connectivity index (χ1) is 12.2. The van der Waals surface area contributed by atoms with Gasteiger partial charge in [-0.3, -0.25) is 14.4 Å². The molecule has 0 bridgehead atoms. The summed E-state index contributed by atoms with van der Waals surface area (Å²) in [4.78, 5) is 35.9. The van der Waals surface area contributed by atoms with Crippen LogP contribution in [0.5, 0.6) is 0 Å². The summed E-state index contributed by atoms with van der Waals surface area (Å²) in [5.41, 5.74) is 2.82. The Bertz CT molecular complexity index is 457. The van der Waals surface area contributed by atoms with E-state index in [2.05, 4.69) is 10.5 Å². The van der Waals surface area contributed by atoms with Crippen molar-refractivity contribution in [1.82, 2.24) is 0 Å². The lowest BCUT2D eigenvalue weighted by atomic mass is 9.83. The Balaban J connectivity index is 4.82. The van der Waals surface area contributed by atoms with Gasteiger partial charge >= 0.3 is 17.9 Å². The highest BCUT2D eigenvalue weighted by atomic mass is 32.2. The maximum atomic E-state index is 12.5. The van der Waals surface area contributed by atoms with Gasteiger partial charge in [0.15, 0.2) is 0 Å². The second-order valence-electron chi connectivity index (χ2n) is 7.06. The van der Waals surface area contributed by atoms with Gasteiger partial charge in [0.1, 0.15) is 13.2 Å². The Morgan fingerprint density at radius 3 is 2.35 bits per heavy atom. The molecule has 0 heterocycles. The lowest BCUT2D eigenvalue weighted by Gasteiger charge is -2.29. The summed E-state index contributed by atoms with van der Waals surface area (Å²) < 4.78 is 15.2. The van der Waals surface area contributed by atoms with Crippen LogP contribution >= 0.6 is 11.8 Å². The lowest BCUT2D eigenvalue weighted by molar-refractivity contribution is -0.372. The number of esters is 3. The molecular formula is C18H34NO6S+. The van der Waals surface area contributed by atoms with Crippen LogP contribution in [0.3, 0.4) is 0 Å². The SMILES string of the molecule is COC(=O)CCSCC(C)(CC(C)C(=O)OCC(C)C)C(=O)OCC[NH3+]. The first-order valence-corrected chi connectivity index (χ1v) is 10.1. The molecule has 8 heteroatoms. The van der Waals surface area contributed by atoms with Gasteiger partial charge in [-0.05, 0) is 19.3 Å². The number of hydrogen-bond acceptors (Lipinski definition) is 7. The van der Waals surface area contributed by atoms with Crippen LogP contribution in [-0.4, -0.2) is 56.3 Å². The van der Waals surface area contributed by atoms with Crippen molar-refractivity contribution in [3.05, 3.63) is 0 Å². The maximum absolute atomic E-state index is 12.5.